The van der Waals surface area contributed by atoms with Crippen LogP contribution in [-0.4, -0.2) is 46.7 Å². The van der Waals surface area contributed by atoms with E-state index in [-0.39, 0.29) is 0 Å². The molecule has 3 unspecified atom stereocenters. The van der Waals surface area contributed by atoms with Crippen LogP contribution in [0, 0.1) is 5.92 Å². The smallest absolute Gasteiger partial charge is 0.323 e. The van der Waals surface area contributed by atoms with Crippen LogP contribution >= 0.6 is 0 Å². The van der Waals surface area contributed by atoms with Gasteiger partial charge in [0, 0.05) is 12.1 Å². The average Bonchev–Trinajstić information content (AvgIpc) is 3.26. The minimum absolute atomic E-state index is 0.440. The van der Waals surface area contributed by atoms with Crippen molar-refractivity contribution in [2.75, 3.05) is 13.1 Å². The summed E-state index contributed by atoms with van der Waals surface area (Å²) in [5.41, 5.74) is -0.703. The van der Waals surface area contributed by atoms with Crippen molar-refractivity contribution in [3.8, 4) is 0 Å². The number of carboxylic acids is 1. The SMILES string of the molecule is CCC(CCCN1CCCC(C)C1C)(NC1CC1)C(=O)O. The lowest BCUT2D eigenvalue weighted by atomic mass is 9.88. The molecule has 2 rings (SSSR count). The summed E-state index contributed by atoms with van der Waals surface area (Å²) < 4.78 is 0. The van der Waals surface area contributed by atoms with E-state index in [0.29, 0.717) is 18.5 Å². The van der Waals surface area contributed by atoms with Gasteiger partial charge in [0.1, 0.15) is 5.54 Å². The molecule has 0 radical (unpaired) electrons. The summed E-state index contributed by atoms with van der Waals surface area (Å²) in [5.74, 6) is 0.0932. The van der Waals surface area contributed by atoms with Gasteiger partial charge in [-0.15, -0.1) is 0 Å². The van der Waals surface area contributed by atoms with Gasteiger partial charge in [-0.2, -0.15) is 0 Å². The largest absolute Gasteiger partial charge is 0.480 e. The van der Waals surface area contributed by atoms with E-state index in [2.05, 4.69) is 24.1 Å². The first-order chi connectivity index (χ1) is 9.98. The van der Waals surface area contributed by atoms with Gasteiger partial charge in [0.2, 0.25) is 0 Å². The second kappa shape index (κ2) is 7.10. The van der Waals surface area contributed by atoms with E-state index in [0.717, 1.165) is 38.1 Å². The van der Waals surface area contributed by atoms with Gasteiger partial charge in [-0.25, -0.2) is 0 Å². The molecule has 1 saturated heterocycles. The van der Waals surface area contributed by atoms with Crippen LogP contribution in [0.1, 0.15) is 65.7 Å². The van der Waals surface area contributed by atoms with Crippen LogP contribution in [0.25, 0.3) is 0 Å². The Morgan fingerprint density at radius 3 is 2.62 bits per heavy atom. The number of carboxylic acid groups (broad SMARTS) is 1. The summed E-state index contributed by atoms with van der Waals surface area (Å²) in [4.78, 5) is 14.3. The summed E-state index contributed by atoms with van der Waals surface area (Å²) in [6.07, 6.45) is 7.26. The Morgan fingerprint density at radius 2 is 2.05 bits per heavy atom. The maximum absolute atomic E-state index is 11.7. The summed E-state index contributed by atoms with van der Waals surface area (Å²) in [5, 5.41) is 13.0. The first-order valence-corrected chi connectivity index (χ1v) is 8.73. The molecule has 0 spiro atoms. The Balaban J connectivity index is 1.85. The van der Waals surface area contributed by atoms with E-state index >= 15 is 0 Å². The maximum atomic E-state index is 11.7. The molecular weight excluding hydrogens is 264 g/mol. The molecule has 2 fully saturated rings. The van der Waals surface area contributed by atoms with Gasteiger partial charge in [0.25, 0.3) is 0 Å². The molecule has 2 aliphatic rings. The second-order valence-electron chi connectivity index (χ2n) is 7.16. The molecule has 1 heterocycles. The minimum Gasteiger partial charge on any atom is -0.480 e. The molecule has 21 heavy (non-hydrogen) atoms. The second-order valence-corrected chi connectivity index (χ2v) is 7.16. The summed E-state index contributed by atoms with van der Waals surface area (Å²) in [6.45, 7) is 8.85. The molecule has 2 N–H and O–H groups in total. The Morgan fingerprint density at radius 1 is 1.33 bits per heavy atom. The molecule has 4 heteroatoms. The number of carbonyl (C=O) groups is 1. The Kier molecular flexibility index (Phi) is 5.67. The summed E-state index contributed by atoms with van der Waals surface area (Å²) >= 11 is 0. The predicted molar refractivity (Wildman–Crippen MR) is 85.5 cm³/mol. The maximum Gasteiger partial charge on any atom is 0.323 e. The Hall–Kier alpha value is -0.610. The average molecular weight is 296 g/mol. The highest BCUT2D eigenvalue weighted by molar-refractivity contribution is 5.78. The number of hydrogen-bond acceptors (Lipinski definition) is 3. The van der Waals surface area contributed by atoms with E-state index in [1.807, 2.05) is 6.92 Å². The van der Waals surface area contributed by atoms with Crippen molar-refractivity contribution in [2.45, 2.75) is 83.3 Å². The zero-order valence-electron chi connectivity index (χ0n) is 13.9. The molecule has 0 aromatic carbocycles. The third kappa shape index (κ3) is 4.19. The lowest BCUT2D eigenvalue weighted by Gasteiger charge is -2.38. The zero-order valence-corrected chi connectivity index (χ0v) is 13.9. The Bertz CT molecular complexity index is 357. The van der Waals surface area contributed by atoms with Crippen LogP contribution in [-0.2, 0) is 4.79 Å². The van der Waals surface area contributed by atoms with Gasteiger partial charge >= 0.3 is 5.97 Å². The predicted octanol–water partition coefficient (Wildman–Crippen LogP) is 2.87. The molecule has 122 valence electrons. The number of aliphatic carboxylic acids is 1. The van der Waals surface area contributed by atoms with Gasteiger partial charge in [-0.1, -0.05) is 13.8 Å². The number of nitrogens with one attached hydrogen (secondary N) is 1. The normalized spacial score (nSPS) is 30.0. The van der Waals surface area contributed by atoms with Gasteiger partial charge in [-0.3, -0.25) is 10.1 Å². The van der Waals surface area contributed by atoms with Crippen molar-refractivity contribution in [1.82, 2.24) is 10.2 Å². The third-order valence-corrected chi connectivity index (χ3v) is 5.62. The van der Waals surface area contributed by atoms with Crippen LogP contribution < -0.4 is 5.32 Å². The number of nitrogens with zero attached hydrogens (tertiary/aromatic N) is 1. The number of rotatable bonds is 8. The van der Waals surface area contributed by atoms with Crippen molar-refractivity contribution in [2.24, 2.45) is 5.92 Å². The molecule has 3 atom stereocenters. The molecule has 0 aromatic heterocycles. The van der Waals surface area contributed by atoms with E-state index in [1.54, 1.807) is 0 Å². The van der Waals surface area contributed by atoms with Crippen LogP contribution in [0.4, 0.5) is 0 Å². The van der Waals surface area contributed by atoms with Gasteiger partial charge < -0.3 is 10.0 Å². The van der Waals surface area contributed by atoms with Gasteiger partial charge in [0.15, 0.2) is 0 Å². The zero-order chi connectivity index (χ0) is 15.5. The lowest BCUT2D eigenvalue weighted by Crippen LogP contribution is -2.53. The van der Waals surface area contributed by atoms with Crippen LogP contribution in [0.5, 0.6) is 0 Å². The molecule has 4 nitrogen and oxygen atoms in total. The van der Waals surface area contributed by atoms with E-state index in [1.165, 1.54) is 19.4 Å². The number of hydrogen-bond donors (Lipinski definition) is 2. The minimum atomic E-state index is -0.703. The van der Waals surface area contributed by atoms with Crippen LogP contribution in [0.3, 0.4) is 0 Å². The summed E-state index contributed by atoms with van der Waals surface area (Å²) in [6, 6.07) is 1.07. The first kappa shape index (κ1) is 16.8. The molecule has 0 bridgehead atoms. The van der Waals surface area contributed by atoms with Crippen molar-refractivity contribution in [3.63, 3.8) is 0 Å². The molecule has 0 amide bonds. The van der Waals surface area contributed by atoms with Crippen molar-refractivity contribution in [3.05, 3.63) is 0 Å². The topological polar surface area (TPSA) is 52.6 Å². The summed E-state index contributed by atoms with van der Waals surface area (Å²) in [7, 11) is 0. The highest BCUT2D eigenvalue weighted by Gasteiger charge is 2.40. The Labute approximate surface area is 129 Å². The van der Waals surface area contributed by atoms with Crippen molar-refractivity contribution >= 4 is 5.97 Å². The lowest BCUT2D eigenvalue weighted by molar-refractivity contribution is -0.145. The molecule has 1 aliphatic heterocycles. The quantitative estimate of drug-likeness (QED) is 0.723. The van der Waals surface area contributed by atoms with Gasteiger partial charge in [0.05, 0.1) is 0 Å². The standard InChI is InChI=1S/C17H32N2O2/c1-4-17(16(20)21,18-15-8-9-15)10-6-12-19-11-5-7-13(2)14(19)3/h13-15,18H,4-12H2,1-3H3,(H,20,21). The fraction of sp³-hybridized carbons (Fsp3) is 0.941. The van der Waals surface area contributed by atoms with E-state index in [9.17, 15) is 9.90 Å². The van der Waals surface area contributed by atoms with Crippen molar-refractivity contribution in [1.29, 1.82) is 0 Å². The highest BCUT2D eigenvalue weighted by Crippen LogP contribution is 2.28. The van der Waals surface area contributed by atoms with Crippen molar-refractivity contribution < 1.29 is 9.90 Å². The molecular formula is C17H32N2O2. The van der Waals surface area contributed by atoms with Crippen LogP contribution in [0.15, 0.2) is 0 Å². The van der Waals surface area contributed by atoms with Gasteiger partial charge in [-0.05, 0) is 70.9 Å². The molecule has 0 aromatic rings. The monoisotopic (exact) mass is 296 g/mol. The van der Waals surface area contributed by atoms with E-state index in [4.69, 9.17) is 0 Å². The van der Waals surface area contributed by atoms with Crippen LogP contribution in [0.2, 0.25) is 0 Å². The highest BCUT2D eigenvalue weighted by atomic mass is 16.4. The number of piperidine rings is 1. The fourth-order valence-corrected chi connectivity index (χ4v) is 3.61. The molecule has 1 aliphatic carbocycles. The fourth-order valence-electron chi connectivity index (χ4n) is 3.61. The third-order valence-electron chi connectivity index (χ3n) is 5.62. The number of likely N-dealkylation sites (tertiary alicyclic amines) is 1. The molecule has 1 saturated carbocycles. The van der Waals surface area contributed by atoms with E-state index < -0.39 is 11.5 Å². The first-order valence-electron chi connectivity index (χ1n) is 8.73.